The molecule has 1 amide bonds. The van der Waals surface area contributed by atoms with E-state index in [0.29, 0.717) is 11.4 Å². The molecule has 1 aromatic carbocycles. The van der Waals surface area contributed by atoms with Crippen LogP contribution in [0.4, 0.5) is 10.7 Å². The van der Waals surface area contributed by atoms with Crippen LogP contribution in [0.3, 0.4) is 0 Å². The normalized spacial score (nSPS) is 15.8. The number of nitrogens with one attached hydrogen (secondary N) is 2. The maximum atomic E-state index is 10.6. The third-order valence-electron chi connectivity index (χ3n) is 3.98. The zero-order valence-corrected chi connectivity index (χ0v) is 11.7. The highest BCUT2D eigenvalue weighted by Crippen LogP contribution is 2.43. The van der Waals surface area contributed by atoms with Crippen molar-refractivity contribution in [2.24, 2.45) is 5.92 Å². The minimum atomic E-state index is -1.38. The summed E-state index contributed by atoms with van der Waals surface area (Å²) in [6.45, 7) is 0. The topological polar surface area (TPSA) is 98.7 Å². The average molecular weight is 296 g/mol. The van der Waals surface area contributed by atoms with Gasteiger partial charge in [0.05, 0.1) is 23.4 Å². The van der Waals surface area contributed by atoms with Gasteiger partial charge in [-0.3, -0.25) is 0 Å². The summed E-state index contributed by atoms with van der Waals surface area (Å²) >= 11 is 0. The maximum Gasteiger partial charge on any atom is 0.206 e. The molecule has 7 nitrogen and oxygen atoms in total. The van der Waals surface area contributed by atoms with Crippen molar-refractivity contribution in [1.82, 2.24) is 19.5 Å². The Morgan fingerprint density at radius 2 is 2.32 bits per heavy atom. The summed E-state index contributed by atoms with van der Waals surface area (Å²) in [5.74, 6) is 0.799. The number of anilines is 1. The molecule has 2 heterocycles. The molecular weight excluding hydrogens is 282 g/mol. The minimum Gasteiger partial charge on any atom is -0.530 e. The molecule has 112 valence electrons. The molecule has 7 heteroatoms. The van der Waals surface area contributed by atoms with Crippen molar-refractivity contribution in [2.45, 2.75) is 18.9 Å². The second kappa shape index (κ2) is 4.87. The van der Waals surface area contributed by atoms with E-state index in [1.54, 1.807) is 6.20 Å². The van der Waals surface area contributed by atoms with Crippen molar-refractivity contribution in [2.75, 3.05) is 5.32 Å². The van der Waals surface area contributed by atoms with E-state index in [-0.39, 0.29) is 12.0 Å². The Labute approximate surface area is 126 Å². The van der Waals surface area contributed by atoms with Crippen LogP contribution in [-0.2, 0) is 0 Å². The largest absolute Gasteiger partial charge is 0.530 e. The standard InChI is InChI=1S/C15H15N5O2/c21-15(22)19-14-17-11-4-3-10(7-12(11)18-14)13(9-1-2-9)20-6-5-16-8-20/h3-9,13H,1-2H2,(H,21,22)(H2,17,18,19)/p-1. The van der Waals surface area contributed by atoms with Crippen molar-refractivity contribution in [1.29, 1.82) is 0 Å². The fourth-order valence-electron chi connectivity index (χ4n) is 2.90. The second-order valence-electron chi connectivity index (χ2n) is 5.57. The van der Waals surface area contributed by atoms with E-state index in [4.69, 9.17) is 0 Å². The summed E-state index contributed by atoms with van der Waals surface area (Å²) in [6.07, 6.45) is 6.63. The molecule has 4 rings (SSSR count). The number of amides is 1. The Kier molecular flexibility index (Phi) is 2.85. The third-order valence-corrected chi connectivity index (χ3v) is 3.98. The van der Waals surface area contributed by atoms with E-state index in [2.05, 4.69) is 24.8 Å². The molecule has 0 radical (unpaired) electrons. The number of nitrogens with zero attached hydrogens (tertiary/aromatic N) is 3. The number of aromatic amines is 1. The van der Waals surface area contributed by atoms with Gasteiger partial charge in [0.25, 0.3) is 0 Å². The van der Waals surface area contributed by atoms with Crippen LogP contribution in [0.5, 0.6) is 0 Å². The summed E-state index contributed by atoms with van der Waals surface area (Å²) in [4.78, 5) is 21.8. The fraction of sp³-hybridized carbons (Fsp3) is 0.267. The molecule has 1 aliphatic rings. The number of hydrogen-bond donors (Lipinski definition) is 2. The lowest BCUT2D eigenvalue weighted by Gasteiger charge is -2.18. The monoisotopic (exact) mass is 296 g/mol. The van der Waals surface area contributed by atoms with E-state index < -0.39 is 6.09 Å². The van der Waals surface area contributed by atoms with Gasteiger partial charge in [-0.25, -0.2) is 9.97 Å². The van der Waals surface area contributed by atoms with E-state index in [1.165, 1.54) is 12.8 Å². The number of carbonyl (C=O) groups excluding carboxylic acids is 1. The van der Waals surface area contributed by atoms with Gasteiger partial charge in [-0.1, -0.05) is 6.07 Å². The first kappa shape index (κ1) is 12.9. The van der Waals surface area contributed by atoms with Crippen LogP contribution in [0.25, 0.3) is 11.0 Å². The van der Waals surface area contributed by atoms with Crippen molar-refractivity contribution in [3.8, 4) is 0 Å². The zero-order valence-electron chi connectivity index (χ0n) is 11.7. The number of imidazole rings is 2. The number of benzene rings is 1. The highest BCUT2D eigenvalue weighted by atomic mass is 16.4. The zero-order chi connectivity index (χ0) is 15.1. The maximum absolute atomic E-state index is 10.6. The van der Waals surface area contributed by atoms with Gasteiger partial charge in [0, 0.05) is 12.4 Å². The van der Waals surface area contributed by atoms with Gasteiger partial charge >= 0.3 is 0 Å². The molecule has 1 saturated carbocycles. The van der Waals surface area contributed by atoms with Crippen molar-refractivity contribution in [3.63, 3.8) is 0 Å². The molecule has 0 aliphatic heterocycles. The Hall–Kier alpha value is -2.83. The van der Waals surface area contributed by atoms with Crippen LogP contribution in [-0.4, -0.2) is 25.6 Å². The first-order valence-electron chi connectivity index (χ1n) is 7.16. The van der Waals surface area contributed by atoms with Crippen molar-refractivity contribution >= 4 is 23.1 Å². The number of H-pyrrole nitrogens is 1. The van der Waals surface area contributed by atoms with E-state index in [9.17, 15) is 9.90 Å². The minimum absolute atomic E-state index is 0.178. The van der Waals surface area contributed by atoms with Gasteiger partial charge in [-0.2, -0.15) is 0 Å². The summed E-state index contributed by atoms with van der Waals surface area (Å²) in [6, 6.07) is 6.21. The molecule has 2 aromatic heterocycles. The quantitative estimate of drug-likeness (QED) is 0.762. The number of hydrogen-bond acceptors (Lipinski definition) is 4. The van der Waals surface area contributed by atoms with Crippen molar-refractivity contribution in [3.05, 3.63) is 42.5 Å². The average Bonchev–Trinajstić information content (AvgIpc) is 3.00. The smallest absolute Gasteiger partial charge is 0.206 e. The van der Waals surface area contributed by atoms with Crippen molar-refractivity contribution < 1.29 is 9.90 Å². The van der Waals surface area contributed by atoms with Gasteiger partial charge in [0.2, 0.25) is 5.95 Å². The van der Waals surface area contributed by atoms with Gasteiger partial charge in [0.1, 0.15) is 6.09 Å². The molecule has 1 aliphatic carbocycles. The van der Waals surface area contributed by atoms with Crippen LogP contribution < -0.4 is 10.4 Å². The predicted molar refractivity (Wildman–Crippen MR) is 78.2 cm³/mol. The molecule has 3 aromatic rings. The Balaban J connectivity index is 1.73. The first-order chi connectivity index (χ1) is 10.7. The summed E-state index contributed by atoms with van der Waals surface area (Å²) in [5, 5.41) is 12.7. The van der Waals surface area contributed by atoms with Gasteiger partial charge in [-0.05, 0) is 36.5 Å². The molecule has 0 spiro atoms. The lowest BCUT2D eigenvalue weighted by molar-refractivity contribution is -0.242. The van der Waals surface area contributed by atoms with Crippen LogP contribution in [0.2, 0.25) is 0 Å². The molecule has 1 atom stereocenters. The highest BCUT2D eigenvalue weighted by molar-refractivity contribution is 5.84. The molecular formula is C15H14N5O2-. The van der Waals surface area contributed by atoms with E-state index >= 15 is 0 Å². The van der Waals surface area contributed by atoms with Crippen LogP contribution in [0.15, 0.2) is 36.9 Å². The predicted octanol–water partition coefficient (Wildman–Crippen LogP) is 1.51. The van der Waals surface area contributed by atoms with E-state index in [1.807, 2.05) is 30.7 Å². The number of carboxylic acid groups (broad SMARTS) is 1. The van der Waals surface area contributed by atoms with Crippen LogP contribution in [0, 0.1) is 5.92 Å². The Morgan fingerprint density at radius 1 is 1.45 bits per heavy atom. The molecule has 22 heavy (non-hydrogen) atoms. The number of rotatable bonds is 4. The molecule has 1 unspecified atom stereocenters. The lowest BCUT2D eigenvalue weighted by Crippen LogP contribution is -2.29. The molecule has 0 saturated heterocycles. The van der Waals surface area contributed by atoms with Crippen LogP contribution in [0.1, 0.15) is 24.4 Å². The number of aromatic nitrogens is 4. The van der Waals surface area contributed by atoms with Gasteiger partial charge in [-0.15, -0.1) is 0 Å². The number of carbonyl (C=O) groups is 1. The summed E-state index contributed by atoms with van der Waals surface area (Å²) in [7, 11) is 0. The van der Waals surface area contributed by atoms with Gasteiger partial charge < -0.3 is 24.8 Å². The first-order valence-corrected chi connectivity index (χ1v) is 7.16. The Morgan fingerprint density at radius 3 is 3.00 bits per heavy atom. The Bertz CT molecular complexity index is 820. The van der Waals surface area contributed by atoms with E-state index in [0.717, 1.165) is 11.1 Å². The van der Waals surface area contributed by atoms with Crippen LogP contribution >= 0.6 is 0 Å². The molecule has 2 N–H and O–H groups in total. The molecule has 0 bridgehead atoms. The fourth-order valence-corrected chi connectivity index (χ4v) is 2.90. The summed E-state index contributed by atoms with van der Waals surface area (Å²) in [5.41, 5.74) is 2.68. The number of fused-ring (bicyclic) bond motifs is 1. The summed E-state index contributed by atoms with van der Waals surface area (Å²) < 4.78 is 2.12. The SMILES string of the molecule is O=C([O-])Nc1nc2ccc(C(C3CC3)n3ccnc3)cc2[nH]1. The lowest BCUT2D eigenvalue weighted by atomic mass is 10.0. The van der Waals surface area contributed by atoms with Gasteiger partial charge in [0.15, 0.2) is 0 Å². The highest BCUT2D eigenvalue weighted by Gasteiger charge is 2.33. The second-order valence-corrected chi connectivity index (χ2v) is 5.57. The molecule has 1 fully saturated rings. The third kappa shape index (κ3) is 2.30.